The summed E-state index contributed by atoms with van der Waals surface area (Å²) in [7, 11) is 1.81. The maximum atomic E-state index is 11.6. The topological polar surface area (TPSA) is 55.6 Å². The number of benzene rings is 1. The number of hydrogen-bond acceptors (Lipinski definition) is 3. The summed E-state index contributed by atoms with van der Waals surface area (Å²) >= 11 is 0. The van der Waals surface area contributed by atoms with Crippen LogP contribution in [-0.2, 0) is 11.2 Å². The van der Waals surface area contributed by atoms with E-state index in [1.165, 1.54) is 0 Å². The molecule has 1 aliphatic heterocycles. The van der Waals surface area contributed by atoms with Crippen LogP contribution < -0.4 is 15.4 Å². The summed E-state index contributed by atoms with van der Waals surface area (Å²) in [6.45, 7) is 1.26. The molecule has 2 rings (SSSR count). The molecule has 0 radical (unpaired) electrons. The zero-order valence-electron chi connectivity index (χ0n) is 10.1. The number of carbonyl (C=O) groups excluding carboxylic acids is 1. The molecule has 0 aromatic heterocycles. The van der Waals surface area contributed by atoms with E-state index in [-0.39, 0.29) is 5.91 Å². The van der Waals surface area contributed by atoms with E-state index < -0.39 is 0 Å². The predicted octanol–water partition coefficient (Wildman–Crippen LogP) is 1.32. The molecule has 4 heteroatoms. The van der Waals surface area contributed by atoms with E-state index in [4.69, 9.17) is 10.5 Å². The molecule has 4 nitrogen and oxygen atoms in total. The number of carbonyl (C=O) groups is 1. The second-order valence-electron chi connectivity index (χ2n) is 4.20. The van der Waals surface area contributed by atoms with Gasteiger partial charge in [-0.2, -0.15) is 0 Å². The van der Waals surface area contributed by atoms with Crippen molar-refractivity contribution in [1.29, 1.82) is 0 Å². The van der Waals surface area contributed by atoms with Crippen LogP contribution in [0.1, 0.15) is 18.4 Å². The van der Waals surface area contributed by atoms with E-state index >= 15 is 0 Å². The molecule has 0 bridgehead atoms. The molecule has 1 aromatic carbocycles. The third kappa shape index (κ3) is 2.42. The highest BCUT2D eigenvalue weighted by Crippen LogP contribution is 2.33. The number of rotatable bonds is 4. The highest BCUT2D eigenvalue weighted by molar-refractivity contribution is 5.96. The summed E-state index contributed by atoms with van der Waals surface area (Å²) in [5.41, 5.74) is 7.53. The van der Waals surface area contributed by atoms with Gasteiger partial charge in [0.15, 0.2) is 0 Å². The minimum atomic E-state index is 0.164. The van der Waals surface area contributed by atoms with Crippen molar-refractivity contribution >= 4 is 11.6 Å². The Morgan fingerprint density at radius 2 is 2.24 bits per heavy atom. The van der Waals surface area contributed by atoms with Crippen LogP contribution in [0.5, 0.6) is 5.75 Å². The lowest BCUT2D eigenvalue weighted by Gasteiger charge is -2.27. The van der Waals surface area contributed by atoms with E-state index in [0.717, 1.165) is 29.8 Å². The van der Waals surface area contributed by atoms with Crippen LogP contribution in [0.2, 0.25) is 0 Å². The Balaban J connectivity index is 2.21. The maximum absolute atomic E-state index is 11.6. The molecule has 0 fully saturated rings. The first-order chi connectivity index (χ1) is 8.24. The molecule has 0 saturated heterocycles. The number of hydrogen-bond donors (Lipinski definition) is 1. The fourth-order valence-electron chi connectivity index (χ4n) is 2.05. The summed E-state index contributed by atoms with van der Waals surface area (Å²) in [6, 6.07) is 5.84. The molecule has 0 atom stereocenters. The molecule has 17 heavy (non-hydrogen) atoms. The number of anilines is 1. The van der Waals surface area contributed by atoms with Crippen molar-refractivity contribution in [2.75, 3.05) is 25.1 Å². The number of amides is 1. The zero-order chi connectivity index (χ0) is 12.3. The first-order valence-corrected chi connectivity index (χ1v) is 5.95. The molecule has 1 aromatic rings. The highest BCUT2D eigenvalue weighted by Gasteiger charge is 2.23. The lowest BCUT2D eigenvalue weighted by atomic mass is 10.0. The van der Waals surface area contributed by atoms with Crippen LogP contribution >= 0.6 is 0 Å². The van der Waals surface area contributed by atoms with Crippen LogP contribution in [0.3, 0.4) is 0 Å². The van der Waals surface area contributed by atoms with E-state index in [1.54, 1.807) is 4.90 Å². The van der Waals surface area contributed by atoms with Crippen molar-refractivity contribution in [3.8, 4) is 5.75 Å². The van der Waals surface area contributed by atoms with Gasteiger partial charge in [0, 0.05) is 19.0 Å². The average Bonchev–Trinajstić information content (AvgIpc) is 2.35. The summed E-state index contributed by atoms with van der Waals surface area (Å²) in [5, 5.41) is 0. The Kier molecular flexibility index (Phi) is 3.64. The highest BCUT2D eigenvalue weighted by atomic mass is 16.5. The first kappa shape index (κ1) is 11.9. The van der Waals surface area contributed by atoms with Crippen LogP contribution in [0, 0.1) is 0 Å². The van der Waals surface area contributed by atoms with Crippen molar-refractivity contribution < 1.29 is 9.53 Å². The second-order valence-corrected chi connectivity index (χ2v) is 4.20. The largest absolute Gasteiger partial charge is 0.493 e. The molecule has 0 saturated carbocycles. The van der Waals surface area contributed by atoms with Crippen molar-refractivity contribution in [3.05, 3.63) is 23.8 Å². The van der Waals surface area contributed by atoms with Crippen LogP contribution in [-0.4, -0.2) is 26.1 Å². The normalized spacial score (nSPS) is 14.7. The second kappa shape index (κ2) is 5.19. The number of nitrogens with zero attached hydrogens (tertiary/aromatic N) is 1. The maximum Gasteiger partial charge on any atom is 0.227 e. The van der Waals surface area contributed by atoms with Gasteiger partial charge >= 0.3 is 0 Å². The summed E-state index contributed by atoms with van der Waals surface area (Å²) in [6.07, 6.45) is 2.16. The van der Waals surface area contributed by atoms with Gasteiger partial charge in [0.2, 0.25) is 5.91 Å². The number of fused-ring (bicyclic) bond motifs is 1. The van der Waals surface area contributed by atoms with Crippen LogP contribution in [0.4, 0.5) is 5.69 Å². The van der Waals surface area contributed by atoms with Crippen molar-refractivity contribution in [1.82, 2.24) is 0 Å². The van der Waals surface area contributed by atoms with Crippen molar-refractivity contribution in [2.24, 2.45) is 5.73 Å². The molecule has 1 heterocycles. The minimum Gasteiger partial charge on any atom is -0.493 e. The van der Waals surface area contributed by atoms with E-state index in [9.17, 15) is 4.79 Å². The summed E-state index contributed by atoms with van der Waals surface area (Å²) in [4.78, 5) is 13.3. The van der Waals surface area contributed by atoms with Gasteiger partial charge in [-0.25, -0.2) is 0 Å². The summed E-state index contributed by atoms with van der Waals surface area (Å²) < 4.78 is 5.71. The van der Waals surface area contributed by atoms with Gasteiger partial charge in [-0.05, 0) is 31.5 Å². The quantitative estimate of drug-likeness (QED) is 0.799. The molecule has 1 amide bonds. The predicted molar refractivity (Wildman–Crippen MR) is 67.3 cm³/mol. The SMILES string of the molecule is CN1C(=O)CCc2c(OCCCN)cccc21. The standard InChI is InChI=1S/C13H18N2O2/c1-15-11-4-2-5-12(17-9-3-8-14)10(11)6-7-13(15)16/h2,4-5H,3,6-9,14H2,1H3. The minimum absolute atomic E-state index is 0.164. The number of nitrogens with two attached hydrogens (primary N) is 1. The van der Waals surface area contributed by atoms with Gasteiger partial charge < -0.3 is 15.4 Å². The lowest BCUT2D eigenvalue weighted by Crippen LogP contribution is -2.31. The van der Waals surface area contributed by atoms with E-state index in [0.29, 0.717) is 19.6 Å². The Labute approximate surface area is 101 Å². The fourth-order valence-corrected chi connectivity index (χ4v) is 2.05. The Morgan fingerprint density at radius 3 is 3.00 bits per heavy atom. The molecular weight excluding hydrogens is 216 g/mol. The van der Waals surface area contributed by atoms with Crippen molar-refractivity contribution in [3.63, 3.8) is 0 Å². The van der Waals surface area contributed by atoms with Gasteiger partial charge in [0.1, 0.15) is 5.75 Å². The van der Waals surface area contributed by atoms with Gasteiger partial charge in [-0.1, -0.05) is 6.07 Å². The zero-order valence-corrected chi connectivity index (χ0v) is 10.1. The molecule has 0 aliphatic carbocycles. The third-order valence-electron chi connectivity index (χ3n) is 3.04. The van der Waals surface area contributed by atoms with Gasteiger partial charge in [0.05, 0.1) is 12.3 Å². The summed E-state index contributed by atoms with van der Waals surface area (Å²) in [5.74, 6) is 1.05. The Hall–Kier alpha value is -1.55. The lowest BCUT2D eigenvalue weighted by molar-refractivity contribution is -0.118. The smallest absolute Gasteiger partial charge is 0.227 e. The van der Waals surface area contributed by atoms with Crippen LogP contribution in [0.15, 0.2) is 18.2 Å². The van der Waals surface area contributed by atoms with Crippen molar-refractivity contribution in [2.45, 2.75) is 19.3 Å². The Bertz CT molecular complexity index is 418. The van der Waals surface area contributed by atoms with Gasteiger partial charge in [-0.15, -0.1) is 0 Å². The molecule has 0 spiro atoms. The first-order valence-electron chi connectivity index (χ1n) is 5.95. The molecule has 0 unspecified atom stereocenters. The van der Waals surface area contributed by atoms with E-state index in [1.807, 2.05) is 25.2 Å². The number of ether oxygens (including phenoxy) is 1. The van der Waals surface area contributed by atoms with Gasteiger partial charge in [0.25, 0.3) is 0 Å². The van der Waals surface area contributed by atoms with Crippen LogP contribution in [0.25, 0.3) is 0 Å². The monoisotopic (exact) mass is 234 g/mol. The average molecular weight is 234 g/mol. The molecule has 2 N–H and O–H groups in total. The molecule has 92 valence electrons. The Morgan fingerprint density at radius 1 is 1.41 bits per heavy atom. The van der Waals surface area contributed by atoms with E-state index in [2.05, 4.69) is 0 Å². The van der Waals surface area contributed by atoms with Gasteiger partial charge in [-0.3, -0.25) is 4.79 Å². The fraction of sp³-hybridized carbons (Fsp3) is 0.462. The molecule has 1 aliphatic rings. The third-order valence-corrected chi connectivity index (χ3v) is 3.04. The molecular formula is C13H18N2O2.